The third-order valence-corrected chi connectivity index (χ3v) is 4.72. The van der Waals surface area contributed by atoms with E-state index in [2.05, 4.69) is 15.3 Å². The number of carbonyl (C=O) groups excluding carboxylic acids is 2. The number of likely N-dealkylation sites (N-methyl/N-ethyl adjacent to an activating group) is 1. The van der Waals surface area contributed by atoms with Gasteiger partial charge in [0.2, 0.25) is 0 Å². The van der Waals surface area contributed by atoms with E-state index in [9.17, 15) is 9.59 Å². The van der Waals surface area contributed by atoms with Gasteiger partial charge < -0.3 is 10.2 Å². The van der Waals surface area contributed by atoms with Crippen molar-refractivity contribution in [1.82, 2.24) is 20.2 Å². The molecule has 0 saturated heterocycles. The molecule has 1 aliphatic carbocycles. The smallest absolute Gasteiger partial charge is 0.272 e. The molecule has 6 heteroatoms. The van der Waals surface area contributed by atoms with Crippen molar-refractivity contribution in [3.63, 3.8) is 0 Å². The standard InChI is InChI=1S/C20H24N4O2/c1-24(14-11-15-9-12-21-13-10-15)20(26)18-8-4-7-17(23-18)19(25)22-16-5-2-3-6-16/h4,7-10,12-13,16H,2-3,5-6,11,14H2,1H3,(H,22,25). The van der Waals surface area contributed by atoms with E-state index < -0.39 is 0 Å². The van der Waals surface area contributed by atoms with Gasteiger partial charge in [-0.15, -0.1) is 0 Å². The second-order valence-electron chi connectivity index (χ2n) is 6.70. The molecule has 0 spiro atoms. The summed E-state index contributed by atoms with van der Waals surface area (Å²) in [6.07, 6.45) is 8.56. The van der Waals surface area contributed by atoms with Crippen LogP contribution in [0.5, 0.6) is 0 Å². The lowest BCUT2D eigenvalue weighted by Gasteiger charge is -2.17. The van der Waals surface area contributed by atoms with Crippen molar-refractivity contribution in [2.24, 2.45) is 0 Å². The van der Waals surface area contributed by atoms with Gasteiger partial charge in [0.1, 0.15) is 11.4 Å². The molecule has 0 bridgehead atoms. The van der Waals surface area contributed by atoms with Gasteiger partial charge in [0.05, 0.1) is 0 Å². The van der Waals surface area contributed by atoms with Gasteiger partial charge in [0.25, 0.3) is 11.8 Å². The lowest BCUT2D eigenvalue weighted by Crippen LogP contribution is -2.34. The van der Waals surface area contributed by atoms with E-state index >= 15 is 0 Å². The molecule has 6 nitrogen and oxygen atoms in total. The highest BCUT2D eigenvalue weighted by molar-refractivity contribution is 5.96. The number of hydrogen-bond donors (Lipinski definition) is 1. The molecule has 136 valence electrons. The van der Waals surface area contributed by atoms with Crippen molar-refractivity contribution in [2.75, 3.05) is 13.6 Å². The molecule has 0 unspecified atom stereocenters. The number of hydrogen-bond acceptors (Lipinski definition) is 4. The second-order valence-corrected chi connectivity index (χ2v) is 6.70. The highest BCUT2D eigenvalue weighted by atomic mass is 16.2. The van der Waals surface area contributed by atoms with Crippen LogP contribution in [0, 0.1) is 0 Å². The third kappa shape index (κ3) is 4.65. The summed E-state index contributed by atoms with van der Waals surface area (Å²) in [7, 11) is 1.75. The topological polar surface area (TPSA) is 75.2 Å². The fraction of sp³-hybridized carbons (Fsp3) is 0.400. The molecule has 2 aromatic heterocycles. The average molecular weight is 352 g/mol. The van der Waals surface area contributed by atoms with Crippen LogP contribution in [-0.4, -0.2) is 46.3 Å². The molecular formula is C20H24N4O2. The van der Waals surface area contributed by atoms with E-state index in [1.54, 1.807) is 42.5 Å². The molecule has 1 aliphatic rings. The molecule has 2 amide bonds. The molecule has 2 aromatic rings. The maximum atomic E-state index is 12.6. The molecule has 1 N–H and O–H groups in total. The SMILES string of the molecule is CN(CCc1ccncc1)C(=O)c1cccc(C(=O)NC2CCCC2)n1. The van der Waals surface area contributed by atoms with Gasteiger partial charge in [-0.25, -0.2) is 4.98 Å². The maximum absolute atomic E-state index is 12.6. The average Bonchev–Trinajstić information content (AvgIpc) is 3.19. The van der Waals surface area contributed by atoms with Gasteiger partial charge in [-0.2, -0.15) is 0 Å². The van der Waals surface area contributed by atoms with Crippen LogP contribution in [0.1, 0.15) is 52.2 Å². The number of amides is 2. The third-order valence-electron chi connectivity index (χ3n) is 4.72. The van der Waals surface area contributed by atoms with E-state index in [1.807, 2.05) is 12.1 Å². The Balaban J connectivity index is 1.60. The highest BCUT2D eigenvalue weighted by Gasteiger charge is 2.20. The van der Waals surface area contributed by atoms with Crippen molar-refractivity contribution in [2.45, 2.75) is 38.1 Å². The summed E-state index contributed by atoms with van der Waals surface area (Å²) in [5.74, 6) is -0.388. The fourth-order valence-corrected chi connectivity index (χ4v) is 3.15. The maximum Gasteiger partial charge on any atom is 0.272 e. The number of nitrogens with zero attached hydrogens (tertiary/aromatic N) is 3. The molecule has 0 aromatic carbocycles. The minimum atomic E-state index is -0.203. The Bertz CT molecular complexity index is 757. The molecule has 1 saturated carbocycles. The summed E-state index contributed by atoms with van der Waals surface area (Å²) >= 11 is 0. The number of nitrogens with one attached hydrogen (secondary N) is 1. The van der Waals surface area contributed by atoms with Gasteiger partial charge in [-0.3, -0.25) is 14.6 Å². The van der Waals surface area contributed by atoms with E-state index in [4.69, 9.17) is 0 Å². The van der Waals surface area contributed by atoms with Gasteiger partial charge in [-0.1, -0.05) is 18.9 Å². The highest BCUT2D eigenvalue weighted by Crippen LogP contribution is 2.18. The van der Waals surface area contributed by atoms with Crippen molar-refractivity contribution in [3.05, 3.63) is 59.7 Å². The molecule has 2 heterocycles. The molecule has 0 aliphatic heterocycles. The van der Waals surface area contributed by atoms with Crippen LogP contribution in [0.2, 0.25) is 0 Å². The summed E-state index contributed by atoms with van der Waals surface area (Å²) < 4.78 is 0. The largest absolute Gasteiger partial charge is 0.348 e. The first-order valence-electron chi connectivity index (χ1n) is 9.06. The minimum Gasteiger partial charge on any atom is -0.348 e. The van der Waals surface area contributed by atoms with Gasteiger partial charge in [-0.05, 0) is 49.1 Å². The monoisotopic (exact) mass is 352 g/mol. The Kier molecular flexibility index (Phi) is 5.94. The second kappa shape index (κ2) is 8.56. The molecule has 0 radical (unpaired) electrons. The Morgan fingerprint density at radius 1 is 1.12 bits per heavy atom. The van der Waals surface area contributed by atoms with Crippen LogP contribution in [0.15, 0.2) is 42.7 Å². The first kappa shape index (κ1) is 18.0. The summed E-state index contributed by atoms with van der Waals surface area (Å²) in [5.41, 5.74) is 1.71. The van der Waals surface area contributed by atoms with Gasteiger partial charge in [0, 0.05) is 32.0 Å². The van der Waals surface area contributed by atoms with E-state index in [1.165, 1.54) is 0 Å². The molecule has 26 heavy (non-hydrogen) atoms. The molecule has 1 fully saturated rings. The Labute approximate surface area is 153 Å². The Morgan fingerprint density at radius 2 is 1.81 bits per heavy atom. The van der Waals surface area contributed by atoms with Crippen LogP contribution in [-0.2, 0) is 6.42 Å². The van der Waals surface area contributed by atoms with Crippen molar-refractivity contribution in [1.29, 1.82) is 0 Å². The van der Waals surface area contributed by atoms with Crippen LogP contribution in [0.25, 0.3) is 0 Å². The fourth-order valence-electron chi connectivity index (χ4n) is 3.15. The zero-order valence-electron chi connectivity index (χ0n) is 15.0. The predicted octanol–water partition coefficient (Wildman–Crippen LogP) is 2.46. The van der Waals surface area contributed by atoms with Crippen LogP contribution >= 0.6 is 0 Å². The lowest BCUT2D eigenvalue weighted by molar-refractivity contribution is 0.0790. The summed E-state index contributed by atoms with van der Waals surface area (Å²) in [5, 5.41) is 3.00. The van der Waals surface area contributed by atoms with Crippen LogP contribution in [0.4, 0.5) is 0 Å². The minimum absolute atomic E-state index is 0.186. The summed E-state index contributed by atoms with van der Waals surface area (Å²) in [4.78, 5) is 34.8. The summed E-state index contributed by atoms with van der Waals surface area (Å²) in [6, 6.07) is 9.11. The number of pyridine rings is 2. The first-order chi connectivity index (χ1) is 12.6. The quantitative estimate of drug-likeness (QED) is 0.866. The molecule has 0 atom stereocenters. The Hall–Kier alpha value is -2.76. The van der Waals surface area contributed by atoms with Gasteiger partial charge >= 0.3 is 0 Å². The van der Waals surface area contributed by atoms with Crippen molar-refractivity contribution in [3.8, 4) is 0 Å². The van der Waals surface area contributed by atoms with Crippen molar-refractivity contribution < 1.29 is 9.59 Å². The number of carbonyl (C=O) groups is 2. The van der Waals surface area contributed by atoms with Gasteiger partial charge in [0.15, 0.2) is 0 Å². The molecular weight excluding hydrogens is 328 g/mol. The Morgan fingerprint density at radius 3 is 2.54 bits per heavy atom. The van der Waals surface area contributed by atoms with E-state index in [0.717, 1.165) is 37.7 Å². The van der Waals surface area contributed by atoms with Crippen LogP contribution < -0.4 is 5.32 Å². The number of aromatic nitrogens is 2. The summed E-state index contributed by atoms with van der Waals surface area (Å²) in [6.45, 7) is 0.572. The predicted molar refractivity (Wildman–Crippen MR) is 98.9 cm³/mol. The normalized spacial score (nSPS) is 14.2. The molecule has 3 rings (SSSR count). The first-order valence-corrected chi connectivity index (χ1v) is 9.06. The zero-order chi connectivity index (χ0) is 18.4. The van der Waals surface area contributed by atoms with E-state index in [0.29, 0.717) is 17.9 Å². The van der Waals surface area contributed by atoms with Crippen LogP contribution in [0.3, 0.4) is 0 Å². The van der Waals surface area contributed by atoms with E-state index in [-0.39, 0.29) is 17.9 Å². The van der Waals surface area contributed by atoms with Crippen molar-refractivity contribution >= 4 is 11.8 Å². The lowest BCUT2D eigenvalue weighted by atomic mass is 10.2. The zero-order valence-corrected chi connectivity index (χ0v) is 15.0. The number of rotatable bonds is 6.